The second kappa shape index (κ2) is 4.57. The molecule has 1 heterocycles. The second-order valence-corrected chi connectivity index (χ2v) is 6.05. The van der Waals surface area contributed by atoms with Crippen LogP contribution in [-0.4, -0.2) is 44.8 Å². The number of likely N-dealkylation sites (N-methyl/N-ethyl adjacent to an activating group) is 1. The molecule has 0 radical (unpaired) electrons. The molecule has 17 heavy (non-hydrogen) atoms. The maximum absolute atomic E-state index is 5.74. The third-order valence-electron chi connectivity index (χ3n) is 3.36. The summed E-state index contributed by atoms with van der Waals surface area (Å²) in [6.07, 6.45) is 2.61. The maximum atomic E-state index is 5.74. The molecule has 2 rings (SSSR count). The van der Waals surface area contributed by atoms with Crippen LogP contribution in [0.25, 0.3) is 0 Å². The predicted octanol–water partition coefficient (Wildman–Crippen LogP) is 1.94. The number of hydrogen-bond donors (Lipinski definition) is 1. The fraction of sp³-hybridized carbons (Fsp3) is 0.571. The smallest absolute Gasteiger partial charge is 0.0987 e. The van der Waals surface area contributed by atoms with Crippen LogP contribution in [0.5, 0.6) is 0 Å². The molecule has 0 saturated carbocycles. The van der Waals surface area contributed by atoms with Crippen LogP contribution in [0.15, 0.2) is 24.3 Å². The van der Waals surface area contributed by atoms with E-state index < -0.39 is 0 Å². The number of anilines is 2. The van der Waals surface area contributed by atoms with Crippen molar-refractivity contribution in [3.8, 4) is 0 Å². The Bertz CT molecular complexity index is 364. The zero-order chi connectivity index (χ0) is 12.5. The highest BCUT2D eigenvalue weighted by Crippen LogP contribution is 2.27. The van der Waals surface area contributed by atoms with Gasteiger partial charge in [0, 0.05) is 17.9 Å². The number of benzene rings is 1. The van der Waals surface area contributed by atoms with Crippen LogP contribution in [0.3, 0.4) is 0 Å². The number of hydrogen-bond acceptors (Lipinski definition) is 2. The van der Waals surface area contributed by atoms with Crippen LogP contribution in [-0.2, 0) is 0 Å². The van der Waals surface area contributed by atoms with Gasteiger partial charge in [-0.1, -0.05) is 0 Å². The van der Waals surface area contributed by atoms with Crippen molar-refractivity contribution in [1.29, 1.82) is 0 Å². The Balaban J connectivity index is 2.11. The van der Waals surface area contributed by atoms with Crippen LogP contribution in [0, 0.1) is 0 Å². The normalized spacial score (nSPS) is 20.9. The Morgan fingerprint density at radius 2 is 1.88 bits per heavy atom. The molecule has 3 nitrogen and oxygen atoms in total. The maximum Gasteiger partial charge on any atom is 0.0987 e. The van der Waals surface area contributed by atoms with Crippen LogP contribution in [0.4, 0.5) is 11.4 Å². The van der Waals surface area contributed by atoms with Gasteiger partial charge in [0.1, 0.15) is 0 Å². The fourth-order valence-electron chi connectivity index (χ4n) is 2.66. The van der Waals surface area contributed by atoms with E-state index in [0.717, 1.165) is 10.2 Å². The number of quaternary nitrogens is 1. The van der Waals surface area contributed by atoms with Gasteiger partial charge in [0.05, 0.1) is 33.7 Å². The molecule has 1 aromatic rings. The molecule has 2 N–H and O–H groups in total. The molecule has 1 unspecified atom stereocenters. The van der Waals surface area contributed by atoms with E-state index >= 15 is 0 Å². The van der Waals surface area contributed by atoms with E-state index in [9.17, 15) is 0 Å². The fourth-order valence-corrected chi connectivity index (χ4v) is 2.66. The zero-order valence-corrected chi connectivity index (χ0v) is 11.2. The summed E-state index contributed by atoms with van der Waals surface area (Å²) in [5.41, 5.74) is 7.90. The van der Waals surface area contributed by atoms with Crippen molar-refractivity contribution in [2.45, 2.75) is 18.9 Å². The van der Waals surface area contributed by atoms with Gasteiger partial charge >= 0.3 is 0 Å². The van der Waals surface area contributed by atoms with Gasteiger partial charge in [-0.3, -0.25) is 0 Å². The third kappa shape index (κ3) is 3.13. The average molecular weight is 234 g/mol. The van der Waals surface area contributed by atoms with Crippen molar-refractivity contribution >= 4 is 11.4 Å². The molecule has 1 saturated heterocycles. The first kappa shape index (κ1) is 12.2. The van der Waals surface area contributed by atoms with E-state index in [1.807, 2.05) is 12.1 Å². The molecule has 1 aliphatic heterocycles. The van der Waals surface area contributed by atoms with Crippen molar-refractivity contribution in [3.63, 3.8) is 0 Å². The molecule has 0 aliphatic carbocycles. The predicted molar refractivity (Wildman–Crippen MR) is 74.1 cm³/mol. The summed E-state index contributed by atoms with van der Waals surface area (Å²) in [6.45, 7) is 2.37. The summed E-state index contributed by atoms with van der Waals surface area (Å²) in [5, 5.41) is 0. The first-order valence-corrected chi connectivity index (χ1v) is 6.38. The largest absolute Gasteiger partial charge is 0.399 e. The molecule has 94 valence electrons. The highest BCUT2D eigenvalue weighted by molar-refractivity contribution is 5.54. The summed E-state index contributed by atoms with van der Waals surface area (Å²) in [6, 6.07) is 8.94. The first-order chi connectivity index (χ1) is 7.96. The summed E-state index contributed by atoms with van der Waals surface area (Å²) in [7, 11) is 6.79. The Morgan fingerprint density at radius 1 is 1.24 bits per heavy atom. The van der Waals surface area contributed by atoms with E-state index in [1.54, 1.807) is 0 Å². The number of rotatable bonds is 3. The lowest BCUT2D eigenvalue weighted by atomic mass is 10.2. The molecular weight excluding hydrogens is 210 g/mol. The lowest BCUT2D eigenvalue weighted by Crippen LogP contribution is -2.46. The molecular formula is C14H24N3+. The standard InChI is InChI=1S/C14H24N3/c1-17(2,3)11-14-5-4-10-16(14)13-8-6-12(15)7-9-13/h6-9,14H,4-5,10-11,15H2,1-3H3/q+1. The molecule has 3 heteroatoms. The quantitative estimate of drug-likeness (QED) is 0.640. The summed E-state index contributed by atoms with van der Waals surface area (Å²) < 4.78 is 1.02. The van der Waals surface area contributed by atoms with Crippen LogP contribution >= 0.6 is 0 Å². The topological polar surface area (TPSA) is 29.3 Å². The summed E-state index contributed by atoms with van der Waals surface area (Å²) in [5.74, 6) is 0. The SMILES string of the molecule is C[N+](C)(C)CC1CCCN1c1ccc(N)cc1. The van der Waals surface area contributed by atoms with E-state index in [0.29, 0.717) is 6.04 Å². The van der Waals surface area contributed by atoms with Gasteiger partial charge in [0.25, 0.3) is 0 Å². The molecule has 1 fully saturated rings. The van der Waals surface area contributed by atoms with E-state index in [1.165, 1.54) is 31.6 Å². The van der Waals surface area contributed by atoms with Gasteiger partial charge in [-0.15, -0.1) is 0 Å². The van der Waals surface area contributed by atoms with Gasteiger partial charge in [-0.2, -0.15) is 0 Å². The molecule has 0 aromatic heterocycles. The first-order valence-electron chi connectivity index (χ1n) is 6.38. The minimum atomic E-state index is 0.665. The van der Waals surface area contributed by atoms with Crippen LogP contribution in [0.2, 0.25) is 0 Å². The lowest BCUT2D eigenvalue weighted by molar-refractivity contribution is -0.871. The Kier molecular flexibility index (Phi) is 3.29. The van der Waals surface area contributed by atoms with Gasteiger partial charge in [-0.25, -0.2) is 0 Å². The minimum Gasteiger partial charge on any atom is -0.399 e. The highest BCUT2D eigenvalue weighted by Gasteiger charge is 2.29. The summed E-state index contributed by atoms with van der Waals surface area (Å²) in [4.78, 5) is 2.53. The lowest BCUT2D eigenvalue weighted by Gasteiger charge is -2.33. The summed E-state index contributed by atoms with van der Waals surface area (Å²) >= 11 is 0. The van der Waals surface area contributed by atoms with Crippen molar-refractivity contribution < 1.29 is 4.48 Å². The number of nitrogens with two attached hydrogens (primary N) is 1. The van der Waals surface area contributed by atoms with E-state index in [-0.39, 0.29) is 0 Å². The van der Waals surface area contributed by atoms with Gasteiger partial charge in [0.15, 0.2) is 0 Å². The molecule has 1 aliphatic rings. The van der Waals surface area contributed by atoms with E-state index in [2.05, 4.69) is 38.2 Å². The Hall–Kier alpha value is -1.22. The van der Waals surface area contributed by atoms with Crippen molar-refractivity contribution in [2.75, 3.05) is 44.9 Å². The second-order valence-electron chi connectivity index (χ2n) is 6.05. The van der Waals surface area contributed by atoms with Gasteiger partial charge < -0.3 is 15.1 Å². The molecule has 1 aromatic carbocycles. The van der Waals surface area contributed by atoms with E-state index in [4.69, 9.17) is 5.73 Å². The highest BCUT2D eigenvalue weighted by atomic mass is 15.3. The van der Waals surface area contributed by atoms with Gasteiger partial charge in [-0.05, 0) is 37.1 Å². The average Bonchev–Trinajstić information content (AvgIpc) is 2.64. The molecule has 0 spiro atoms. The van der Waals surface area contributed by atoms with Crippen LogP contribution < -0.4 is 10.6 Å². The van der Waals surface area contributed by atoms with Crippen molar-refractivity contribution in [2.24, 2.45) is 0 Å². The molecule has 0 bridgehead atoms. The zero-order valence-electron chi connectivity index (χ0n) is 11.2. The number of nitrogens with zero attached hydrogens (tertiary/aromatic N) is 2. The van der Waals surface area contributed by atoms with Crippen molar-refractivity contribution in [3.05, 3.63) is 24.3 Å². The third-order valence-corrected chi connectivity index (χ3v) is 3.36. The molecule has 1 atom stereocenters. The number of nitrogen functional groups attached to an aromatic ring is 1. The Labute approximate surface area is 104 Å². The van der Waals surface area contributed by atoms with Gasteiger partial charge in [0.2, 0.25) is 0 Å². The molecule has 0 amide bonds. The monoisotopic (exact) mass is 234 g/mol. The minimum absolute atomic E-state index is 0.665. The van der Waals surface area contributed by atoms with Crippen LogP contribution in [0.1, 0.15) is 12.8 Å². The van der Waals surface area contributed by atoms with Crippen molar-refractivity contribution in [1.82, 2.24) is 0 Å². The Morgan fingerprint density at radius 3 is 2.47 bits per heavy atom.